The first-order valence-corrected chi connectivity index (χ1v) is 16.5. The molecular formula is C37H38ClFN6O4. The molecule has 12 heteroatoms. The van der Waals surface area contributed by atoms with E-state index in [1.54, 1.807) is 23.1 Å². The lowest BCUT2D eigenvalue weighted by Gasteiger charge is -2.28. The molecule has 1 aromatic heterocycles. The molecule has 3 amide bonds. The van der Waals surface area contributed by atoms with Gasteiger partial charge in [0.2, 0.25) is 12.3 Å². The molecule has 3 aromatic carbocycles. The highest BCUT2D eigenvalue weighted by Crippen LogP contribution is 2.37. The summed E-state index contributed by atoms with van der Waals surface area (Å²) in [5, 5.41) is 19.2. The van der Waals surface area contributed by atoms with Crippen molar-refractivity contribution in [2.45, 2.75) is 66.0 Å². The second-order valence-corrected chi connectivity index (χ2v) is 12.7. The van der Waals surface area contributed by atoms with E-state index in [0.717, 1.165) is 51.5 Å². The van der Waals surface area contributed by atoms with Crippen molar-refractivity contribution in [1.29, 1.82) is 5.26 Å². The maximum Gasteiger partial charge on any atom is 0.254 e. The monoisotopic (exact) mass is 684 g/mol. The number of halogens is 2. The van der Waals surface area contributed by atoms with Crippen molar-refractivity contribution in [3.05, 3.63) is 93.1 Å². The number of hydrogen-bond acceptors (Lipinski definition) is 8. The molecule has 0 fully saturated rings. The highest BCUT2D eigenvalue weighted by molar-refractivity contribution is 6.32. The minimum Gasteiger partial charge on any atom is -0.383 e. The normalized spacial score (nSPS) is 12.8. The predicted octanol–water partition coefficient (Wildman–Crippen LogP) is 7.36. The van der Waals surface area contributed by atoms with Gasteiger partial charge in [0.25, 0.3) is 5.91 Å². The summed E-state index contributed by atoms with van der Waals surface area (Å²) in [6.07, 6.45) is 2.27. The van der Waals surface area contributed by atoms with E-state index < -0.39 is 11.7 Å². The topological polar surface area (TPSA) is 132 Å². The number of carbonyl (C=O) groups is 3. The van der Waals surface area contributed by atoms with Crippen molar-refractivity contribution in [1.82, 2.24) is 15.4 Å². The fraction of sp³-hybridized carbons (Fsp3) is 0.324. The summed E-state index contributed by atoms with van der Waals surface area (Å²) in [4.78, 5) is 39.0. The molecule has 1 aliphatic heterocycles. The Labute approximate surface area is 289 Å². The maximum atomic E-state index is 15.1. The number of nitriles is 1. The summed E-state index contributed by atoms with van der Waals surface area (Å²) >= 11 is 6.47. The van der Waals surface area contributed by atoms with Crippen LogP contribution in [-0.4, -0.2) is 47.4 Å². The lowest BCUT2D eigenvalue weighted by molar-refractivity contribution is -0.125. The molecule has 0 aliphatic carbocycles. The molecule has 49 heavy (non-hydrogen) atoms. The smallest absolute Gasteiger partial charge is 0.254 e. The van der Waals surface area contributed by atoms with Crippen LogP contribution in [0.2, 0.25) is 5.02 Å². The third-order valence-corrected chi connectivity index (χ3v) is 9.21. The van der Waals surface area contributed by atoms with Gasteiger partial charge in [0.05, 0.1) is 22.0 Å². The number of carbonyl (C=O) groups excluding carboxylic acids is 3. The predicted molar refractivity (Wildman–Crippen MR) is 186 cm³/mol. The van der Waals surface area contributed by atoms with Crippen molar-refractivity contribution in [2.75, 3.05) is 23.3 Å². The molecule has 5 rings (SSSR count). The first kappa shape index (κ1) is 35.1. The van der Waals surface area contributed by atoms with E-state index in [4.69, 9.17) is 16.1 Å². The van der Waals surface area contributed by atoms with Gasteiger partial charge in [0.1, 0.15) is 17.6 Å². The third-order valence-electron chi connectivity index (χ3n) is 8.90. The average molecular weight is 685 g/mol. The Balaban J connectivity index is 1.27. The summed E-state index contributed by atoms with van der Waals surface area (Å²) in [5.74, 6) is -0.460. The molecule has 0 saturated heterocycles. The van der Waals surface area contributed by atoms with Crippen LogP contribution in [0.25, 0.3) is 11.1 Å². The van der Waals surface area contributed by atoms with Crippen molar-refractivity contribution in [3.63, 3.8) is 0 Å². The molecule has 10 nitrogen and oxygen atoms in total. The van der Waals surface area contributed by atoms with Gasteiger partial charge in [0.15, 0.2) is 0 Å². The van der Waals surface area contributed by atoms with E-state index in [1.165, 1.54) is 6.07 Å². The van der Waals surface area contributed by atoms with Crippen molar-refractivity contribution in [3.8, 4) is 17.2 Å². The number of anilines is 3. The molecule has 254 valence electrons. The molecule has 1 unspecified atom stereocenters. The van der Waals surface area contributed by atoms with E-state index in [2.05, 4.69) is 38.9 Å². The van der Waals surface area contributed by atoms with Gasteiger partial charge in [-0.3, -0.25) is 19.7 Å². The Morgan fingerprint density at radius 1 is 1.18 bits per heavy atom. The second-order valence-electron chi connectivity index (χ2n) is 12.3. The van der Waals surface area contributed by atoms with E-state index in [1.807, 2.05) is 39.8 Å². The van der Waals surface area contributed by atoms with Crippen LogP contribution in [0.4, 0.5) is 21.5 Å². The van der Waals surface area contributed by atoms with Crippen molar-refractivity contribution < 1.29 is 23.3 Å². The van der Waals surface area contributed by atoms with Crippen LogP contribution in [0.1, 0.15) is 71.1 Å². The molecule has 0 bridgehead atoms. The Hall–Kier alpha value is -5.21. The van der Waals surface area contributed by atoms with Gasteiger partial charge in [-0.15, -0.1) is 0 Å². The lowest BCUT2D eigenvalue weighted by Crippen LogP contribution is -2.34. The minimum atomic E-state index is -0.507. The van der Waals surface area contributed by atoms with Crippen LogP contribution in [0, 0.1) is 37.9 Å². The molecule has 2 heterocycles. The third kappa shape index (κ3) is 7.76. The summed E-state index contributed by atoms with van der Waals surface area (Å²) in [7, 11) is 0. The number of rotatable bonds is 14. The van der Waals surface area contributed by atoms with Crippen LogP contribution in [-0.2, 0) is 16.1 Å². The molecule has 1 atom stereocenters. The summed E-state index contributed by atoms with van der Waals surface area (Å²) in [5.41, 5.74) is 7.35. The van der Waals surface area contributed by atoms with Crippen LogP contribution in [0.5, 0.6) is 0 Å². The second kappa shape index (κ2) is 15.3. The van der Waals surface area contributed by atoms with E-state index in [9.17, 15) is 19.6 Å². The van der Waals surface area contributed by atoms with Gasteiger partial charge in [-0.1, -0.05) is 28.9 Å². The quantitative estimate of drug-likeness (QED) is 0.104. The lowest BCUT2D eigenvalue weighted by atomic mass is 10.0. The number of amides is 3. The van der Waals surface area contributed by atoms with Gasteiger partial charge >= 0.3 is 0 Å². The Kier molecular flexibility index (Phi) is 11.0. The van der Waals surface area contributed by atoms with E-state index in [-0.39, 0.29) is 18.4 Å². The molecule has 2 N–H and O–H groups in total. The van der Waals surface area contributed by atoms with Crippen molar-refractivity contribution in [2.24, 2.45) is 0 Å². The number of benzene rings is 3. The number of fused-ring (bicyclic) bond motifs is 1. The van der Waals surface area contributed by atoms with Crippen LogP contribution in [0.15, 0.2) is 53.1 Å². The van der Waals surface area contributed by atoms with Gasteiger partial charge < -0.3 is 19.6 Å². The SMILES string of the molecule is Cc1ccc(-c2c(C)noc2C)cc1N(CCCCNc1cc2c(cc1F)C(=O)N(C(C)CCC(=O)NC=O)C2)c1ccc(C#N)c(Cl)c1. The van der Waals surface area contributed by atoms with Crippen LogP contribution >= 0.6 is 11.6 Å². The standard InChI is InChI=1S/C37H38ClFN6O4/c1-22-7-9-26(36-24(3)43-49-25(36)4)16-34(22)44(29-11-10-27(19-40)31(38)17-29)14-6-5-13-41-33-15-28-20-45(37(48)30(28)18-32(33)39)23(2)8-12-35(47)42-21-46/h7,9-11,15-18,21,23,41H,5-6,8,12-14,20H2,1-4H3,(H,42,46,47). The first-order chi connectivity index (χ1) is 23.5. The molecule has 4 aromatic rings. The zero-order valence-electron chi connectivity index (χ0n) is 27.9. The number of nitrogens with zero attached hydrogens (tertiary/aromatic N) is 4. The fourth-order valence-corrected chi connectivity index (χ4v) is 6.42. The fourth-order valence-electron chi connectivity index (χ4n) is 6.20. The first-order valence-electron chi connectivity index (χ1n) is 16.1. The molecule has 0 radical (unpaired) electrons. The zero-order valence-corrected chi connectivity index (χ0v) is 28.7. The minimum absolute atomic E-state index is 0.100. The molecular weight excluding hydrogens is 647 g/mol. The van der Waals surface area contributed by atoms with Gasteiger partial charge in [0, 0.05) is 54.6 Å². The molecule has 1 aliphatic rings. The Morgan fingerprint density at radius 3 is 2.67 bits per heavy atom. The number of unbranched alkanes of at least 4 members (excludes halogenated alkanes) is 1. The number of imide groups is 1. The largest absolute Gasteiger partial charge is 0.383 e. The number of aryl methyl sites for hydroxylation is 3. The van der Waals surface area contributed by atoms with Gasteiger partial charge in [-0.05, 0) is 100 Å². The highest BCUT2D eigenvalue weighted by atomic mass is 35.5. The number of nitrogens with one attached hydrogen (secondary N) is 2. The molecule has 0 spiro atoms. The van der Waals surface area contributed by atoms with Gasteiger partial charge in [-0.25, -0.2) is 4.39 Å². The Bertz CT molecular complexity index is 1920. The summed E-state index contributed by atoms with van der Waals surface area (Å²) in [6.45, 7) is 9.10. The van der Waals surface area contributed by atoms with Crippen LogP contribution < -0.4 is 15.5 Å². The van der Waals surface area contributed by atoms with Gasteiger partial charge in [-0.2, -0.15) is 5.26 Å². The van der Waals surface area contributed by atoms with Crippen molar-refractivity contribution >= 4 is 46.9 Å². The number of hydrogen-bond donors (Lipinski definition) is 2. The highest BCUT2D eigenvalue weighted by Gasteiger charge is 2.32. The van der Waals surface area contributed by atoms with Crippen LogP contribution in [0.3, 0.4) is 0 Å². The zero-order chi connectivity index (χ0) is 35.2. The van der Waals surface area contributed by atoms with E-state index >= 15 is 4.39 Å². The summed E-state index contributed by atoms with van der Waals surface area (Å²) < 4.78 is 20.6. The maximum absolute atomic E-state index is 15.1. The Morgan fingerprint density at radius 2 is 1.98 bits per heavy atom. The number of aromatic nitrogens is 1. The molecule has 0 saturated carbocycles. The summed E-state index contributed by atoms with van der Waals surface area (Å²) in [6, 6.07) is 16.4. The van der Waals surface area contributed by atoms with E-state index in [0.29, 0.717) is 60.7 Å². The average Bonchev–Trinajstić information content (AvgIpc) is 3.58.